The van der Waals surface area contributed by atoms with E-state index in [4.69, 9.17) is 22.1 Å². The molecule has 4 amide bonds. The third-order valence-corrected chi connectivity index (χ3v) is 7.12. The Balaban J connectivity index is 2.07. The van der Waals surface area contributed by atoms with Gasteiger partial charge in [-0.2, -0.15) is 0 Å². The van der Waals surface area contributed by atoms with E-state index in [-0.39, 0.29) is 18.9 Å². The Morgan fingerprint density at radius 2 is 1.68 bits per heavy atom. The minimum atomic E-state index is -1.13. The van der Waals surface area contributed by atoms with Gasteiger partial charge < -0.3 is 26.0 Å². The summed E-state index contributed by atoms with van der Waals surface area (Å²) < 4.78 is 5.38. The van der Waals surface area contributed by atoms with Gasteiger partial charge in [0.15, 0.2) is 0 Å². The summed E-state index contributed by atoms with van der Waals surface area (Å²) in [6.07, 6.45) is 0.414. The van der Waals surface area contributed by atoms with Crippen molar-refractivity contribution in [2.45, 2.75) is 91.0 Å². The standard InChI is InChI=1S/C30H39ClN4O5/c1-17-9-7-11-21(19(17)3)26(27(37)34-25-18(2)10-8-12-22(25)31)35(20-13-14-20)28(38)23(15-16-24(32)36)33-29(39)40-30(4,5)6/h7-12,20,23,26H,13-16H2,1-6H3,(H2,32,36)(H,33,39)(H,34,37). The number of ether oxygens (including phenoxy) is 1. The van der Waals surface area contributed by atoms with Gasteiger partial charge in [0, 0.05) is 12.5 Å². The van der Waals surface area contributed by atoms with Crippen molar-refractivity contribution in [3.63, 3.8) is 0 Å². The number of rotatable bonds is 10. The smallest absolute Gasteiger partial charge is 0.408 e. The zero-order chi connectivity index (χ0) is 29.8. The molecular formula is C30H39ClN4O5. The summed E-state index contributed by atoms with van der Waals surface area (Å²) in [4.78, 5) is 54.2. The number of benzene rings is 2. The first-order valence-corrected chi connectivity index (χ1v) is 13.8. The molecular weight excluding hydrogens is 532 g/mol. The quantitative estimate of drug-likeness (QED) is 0.366. The van der Waals surface area contributed by atoms with Crippen LogP contribution in [-0.4, -0.2) is 46.4 Å². The van der Waals surface area contributed by atoms with Gasteiger partial charge in [0.2, 0.25) is 11.8 Å². The van der Waals surface area contributed by atoms with E-state index < -0.39 is 41.5 Å². The monoisotopic (exact) mass is 570 g/mol. The molecule has 0 aliphatic heterocycles. The third-order valence-electron chi connectivity index (χ3n) is 6.80. The van der Waals surface area contributed by atoms with Gasteiger partial charge >= 0.3 is 6.09 Å². The van der Waals surface area contributed by atoms with Crippen molar-refractivity contribution < 1.29 is 23.9 Å². The minimum absolute atomic E-state index is 0.0403. The van der Waals surface area contributed by atoms with Crippen molar-refractivity contribution in [3.8, 4) is 0 Å². The molecule has 1 saturated carbocycles. The Kier molecular flexibility index (Phi) is 9.84. The molecule has 4 N–H and O–H groups in total. The summed E-state index contributed by atoms with van der Waals surface area (Å²) in [6, 6.07) is 8.54. The Bertz CT molecular complexity index is 1270. The van der Waals surface area contributed by atoms with Crippen LogP contribution in [0.15, 0.2) is 36.4 Å². The molecule has 3 rings (SSSR count). The van der Waals surface area contributed by atoms with E-state index in [0.717, 1.165) is 16.7 Å². The average molecular weight is 571 g/mol. The number of para-hydroxylation sites is 1. The number of hydrogen-bond acceptors (Lipinski definition) is 5. The number of carbonyl (C=O) groups is 4. The van der Waals surface area contributed by atoms with Crippen molar-refractivity contribution in [2.75, 3.05) is 5.32 Å². The lowest BCUT2D eigenvalue weighted by molar-refractivity contribution is -0.141. The zero-order valence-corrected chi connectivity index (χ0v) is 24.7. The van der Waals surface area contributed by atoms with Crippen molar-refractivity contribution in [3.05, 3.63) is 63.7 Å². The van der Waals surface area contributed by atoms with Crippen molar-refractivity contribution >= 4 is 41.1 Å². The molecule has 9 nitrogen and oxygen atoms in total. The zero-order valence-electron chi connectivity index (χ0n) is 24.0. The molecule has 2 unspecified atom stereocenters. The van der Waals surface area contributed by atoms with Gasteiger partial charge in [-0.05, 0) is 89.1 Å². The lowest BCUT2D eigenvalue weighted by Gasteiger charge is -2.35. The molecule has 2 aromatic carbocycles. The topological polar surface area (TPSA) is 131 Å². The van der Waals surface area contributed by atoms with Crippen LogP contribution in [-0.2, 0) is 19.1 Å². The van der Waals surface area contributed by atoms with Crippen LogP contribution in [0.5, 0.6) is 0 Å². The first-order chi connectivity index (χ1) is 18.7. The van der Waals surface area contributed by atoms with Crippen molar-refractivity contribution in [2.24, 2.45) is 5.73 Å². The lowest BCUT2D eigenvalue weighted by atomic mass is 9.94. The summed E-state index contributed by atoms with van der Waals surface area (Å²) in [5, 5.41) is 5.95. The predicted molar refractivity (Wildman–Crippen MR) is 155 cm³/mol. The second-order valence-corrected chi connectivity index (χ2v) is 11.7. The summed E-state index contributed by atoms with van der Waals surface area (Å²) in [5.41, 5.74) is 8.31. The fraction of sp³-hybridized carbons (Fsp3) is 0.467. The van der Waals surface area contributed by atoms with E-state index in [1.54, 1.807) is 32.9 Å². The summed E-state index contributed by atoms with van der Waals surface area (Å²) in [7, 11) is 0. The maximum absolute atomic E-state index is 14.2. The highest BCUT2D eigenvalue weighted by molar-refractivity contribution is 6.34. The average Bonchev–Trinajstić information content (AvgIpc) is 3.68. The first kappa shape index (κ1) is 30.9. The Morgan fingerprint density at radius 3 is 2.25 bits per heavy atom. The van der Waals surface area contributed by atoms with Gasteiger partial charge in [0.05, 0.1) is 10.7 Å². The number of primary amides is 1. The number of nitrogens with two attached hydrogens (primary N) is 1. The number of nitrogens with one attached hydrogen (secondary N) is 2. The van der Waals surface area contributed by atoms with Gasteiger partial charge in [-0.1, -0.05) is 41.9 Å². The lowest BCUT2D eigenvalue weighted by Crippen LogP contribution is -2.53. The van der Waals surface area contributed by atoms with E-state index >= 15 is 0 Å². The van der Waals surface area contributed by atoms with Crippen molar-refractivity contribution in [1.29, 1.82) is 0 Å². The molecule has 40 heavy (non-hydrogen) atoms. The molecule has 216 valence electrons. The molecule has 2 aromatic rings. The number of amides is 4. The largest absolute Gasteiger partial charge is 0.444 e. The van der Waals surface area contributed by atoms with Crippen LogP contribution in [0, 0.1) is 20.8 Å². The van der Waals surface area contributed by atoms with Crippen LogP contribution in [0.3, 0.4) is 0 Å². The predicted octanol–water partition coefficient (Wildman–Crippen LogP) is 5.09. The van der Waals surface area contributed by atoms with Crippen LogP contribution < -0.4 is 16.4 Å². The van der Waals surface area contributed by atoms with Gasteiger partial charge in [-0.3, -0.25) is 14.4 Å². The molecule has 0 aromatic heterocycles. The highest BCUT2D eigenvalue weighted by Crippen LogP contribution is 2.38. The van der Waals surface area contributed by atoms with E-state index in [0.29, 0.717) is 29.1 Å². The fourth-order valence-electron chi connectivity index (χ4n) is 4.51. The van der Waals surface area contributed by atoms with Gasteiger partial charge in [0.25, 0.3) is 5.91 Å². The van der Waals surface area contributed by atoms with Gasteiger partial charge in [-0.25, -0.2) is 4.79 Å². The Morgan fingerprint density at radius 1 is 1.05 bits per heavy atom. The molecule has 0 bridgehead atoms. The fourth-order valence-corrected chi connectivity index (χ4v) is 4.78. The van der Waals surface area contributed by atoms with E-state index in [1.807, 2.05) is 45.0 Å². The van der Waals surface area contributed by atoms with Crippen LogP contribution >= 0.6 is 11.6 Å². The summed E-state index contributed by atoms with van der Waals surface area (Å²) >= 11 is 6.43. The van der Waals surface area contributed by atoms with Crippen LogP contribution in [0.25, 0.3) is 0 Å². The van der Waals surface area contributed by atoms with Gasteiger partial charge in [0.1, 0.15) is 17.7 Å². The SMILES string of the molecule is Cc1cccc(C(C(=O)Nc2c(C)cccc2Cl)N(C(=O)C(CCC(N)=O)NC(=O)OC(C)(C)C)C2CC2)c1C. The van der Waals surface area contributed by atoms with Crippen LogP contribution in [0.1, 0.15) is 74.8 Å². The number of nitrogens with zero attached hydrogens (tertiary/aromatic N) is 1. The van der Waals surface area contributed by atoms with E-state index in [9.17, 15) is 19.2 Å². The molecule has 0 heterocycles. The van der Waals surface area contributed by atoms with E-state index in [1.165, 1.54) is 4.90 Å². The molecule has 2 atom stereocenters. The van der Waals surface area contributed by atoms with Crippen molar-refractivity contribution in [1.82, 2.24) is 10.2 Å². The summed E-state index contributed by atoms with van der Waals surface area (Å²) in [6.45, 7) is 10.8. The summed E-state index contributed by atoms with van der Waals surface area (Å²) in [5.74, 6) is -1.54. The molecule has 0 radical (unpaired) electrons. The molecule has 1 aliphatic carbocycles. The molecule has 1 fully saturated rings. The minimum Gasteiger partial charge on any atom is -0.444 e. The number of aryl methyl sites for hydroxylation is 2. The normalized spacial score (nSPS) is 14.6. The maximum atomic E-state index is 14.2. The molecule has 10 heteroatoms. The van der Waals surface area contributed by atoms with Gasteiger partial charge in [-0.15, -0.1) is 0 Å². The Labute approximate surface area is 240 Å². The maximum Gasteiger partial charge on any atom is 0.408 e. The van der Waals surface area contributed by atoms with E-state index in [2.05, 4.69) is 10.6 Å². The number of anilines is 1. The van der Waals surface area contributed by atoms with Crippen LogP contribution in [0.2, 0.25) is 5.02 Å². The highest BCUT2D eigenvalue weighted by Gasteiger charge is 2.44. The molecule has 0 saturated heterocycles. The number of halogens is 1. The molecule has 1 aliphatic rings. The highest BCUT2D eigenvalue weighted by atomic mass is 35.5. The Hall–Kier alpha value is -3.59. The molecule has 0 spiro atoms. The second-order valence-electron chi connectivity index (χ2n) is 11.3. The number of alkyl carbamates (subject to hydrolysis) is 1. The van der Waals surface area contributed by atoms with Crippen LogP contribution in [0.4, 0.5) is 10.5 Å². The first-order valence-electron chi connectivity index (χ1n) is 13.4. The number of hydrogen-bond donors (Lipinski definition) is 3. The second kappa shape index (κ2) is 12.7. The third kappa shape index (κ3) is 7.97. The number of carbonyl (C=O) groups excluding carboxylic acids is 4.